The molecule has 0 saturated carbocycles. The molecule has 0 aliphatic heterocycles. The summed E-state index contributed by atoms with van der Waals surface area (Å²) in [4.78, 5) is 40.9. The Kier molecular flexibility index (Phi) is 4.33. The summed E-state index contributed by atoms with van der Waals surface area (Å²) in [6, 6.07) is 16.7. The molecule has 0 spiro atoms. The van der Waals surface area contributed by atoms with Gasteiger partial charge in [-0.2, -0.15) is 4.98 Å². The Morgan fingerprint density at radius 3 is 2.46 bits per heavy atom. The quantitative estimate of drug-likeness (QED) is 0.435. The van der Waals surface area contributed by atoms with E-state index in [2.05, 4.69) is 10.3 Å². The number of fused-ring (bicyclic) bond motifs is 2. The Morgan fingerprint density at radius 2 is 1.71 bits per heavy atom. The highest BCUT2D eigenvalue weighted by atomic mass is 16.5. The number of carbonyl (C=O) groups is 2. The van der Waals surface area contributed by atoms with Crippen molar-refractivity contribution in [2.45, 2.75) is 6.92 Å². The number of ether oxygens (including phenoxy) is 1. The number of nitrogens with one attached hydrogen (secondary N) is 1. The van der Waals surface area contributed by atoms with E-state index in [1.54, 1.807) is 54.6 Å². The first-order valence-corrected chi connectivity index (χ1v) is 8.44. The Hall–Kier alpha value is -4.00. The van der Waals surface area contributed by atoms with Crippen molar-refractivity contribution in [3.63, 3.8) is 0 Å². The third-order valence-corrected chi connectivity index (χ3v) is 4.06. The van der Waals surface area contributed by atoms with Crippen LogP contribution in [0.5, 0.6) is 5.88 Å². The highest BCUT2D eigenvalue weighted by Gasteiger charge is 2.18. The Morgan fingerprint density at radius 1 is 1.00 bits per heavy atom. The molecule has 0 aliphatic rings. The lowest BCUT2D eigenvalue weighted by molar-refractivity contribution is -0.132. The van der Waals surface area contributed by atoms with Gasteiger partial charge >= 0.3 is 5.97 Å². The first-order valence-electron chi connectivity index (χ1n) is 8.44. The summed E-state index contributed by atoms with van der Waals surface area (Å²) in [6.45, 7) is 1.21. The second-order valence-corrected chi connectivity index (χ2v) is 6.03. The molecule has 0 atom stereocenters. The number of carbonyl (C=O) groups excluding carboxylic acids is 2. The largest absolute Gasteiger partial charge is 0.437 e. The lowest BCUT2D eigenvalue weighted by Crippen LogP contribution is -2.15. The van der Waals surface area contributed by atoms with Gasteiger partial charge in [0.1, 0.15) is 11.3 Å². The van der Waals surface area contributed by atoms with E-state index in [1.165, 1.54) is 13.0 Å². The van der Waals surface area contributed by atoms with Crippen LogP contribution >= 0.6 is 0 Å². The van der Waals surface area contributed by atoms with Gasteiger partial charge in [-0.05, 0) is 30.3 Å². The second-order valence-electron chi connectivity index (χ2n) is 6.03. The fourth-order valence-corrected chi connectivity index (χ4v) is 2.80. The van der Waals surface area contributed by atoms with E-state index in [-0.39, 0.29) is 28.1 Å². The highest BCUT2D eigenvalue weighted by molar-refractivity contribution is 6.06. The molecule has 0 fully saturated rings. The molecule has 0 unspecified atom stereocenters. The summed E-state index contributed by atoms with van der Waals surface area (Å²) in [5, 5.41) is 3.19. The Bertz CT molecular complexity index is 1280. The zero-order chi connectivity index (χ0) is 19.7. The zero-order valence-electron chi connectivity index (χ0n) is 14.8. The van der Waals surface area contributed by atoms with Gasteiger partial charge in [0, 0.05) is 12.5 Å². The molecule has 4 rings (SSSR count). The molecule has 2 heterocycles. The van der Waals surface area contributed by atoms with Gasteiger partial charge in [0.25, 0.3) is 5.91 Å². The van der Waals surface area contributed by atoms with Gasteiger partial charge in [0.15, 0.2) is 0 Å². The van der Waals surface area contributed by atoms with Gasteiger partial charge in [0.05, 0.1) is 10.8 Å². The predicted molar refractivity (Wildman–Crippen MR) is 103 cm³/mol. The van der Waals surface area contributed by atoms with Gasteiger partial charge in [0.2, 0.25) is 17.0 Å². The molecule has 0 aliphatic carbocycles. The van der Waals surface area contributed by atoms with Crippen LogP contribution in [0.25, 0.3) is 22.1 Å². The molecular formula is C21H14N2O5. The number of nitrogens with zero attached hydrogens (tertiary/aromatic N) is 1. The minimum atomic E-state index is -0.620. The molecule has 4 aromatic rings. The van der Waals surface area contributed by atoms with Crippen LogP contribution in [0.1, 0.15) is 17.3 Å². The van der Waals surface area contributed by atoms with Gasteiger partial charge in [-0.15, -0.1) is 0 Å². The van der Waals surface area contributed by atoms with Crippen molar-refractivity contribution < 1.29 is 18.7 Å². The predicted octanol–water partition coefficient (Wildman–Crippen LogP) is 3.52. The minimum Gasteiger partial charge on any atom is -0.437 e. The van der Waals surface area contributed by atoms with Crippen molar-refractivity contribution in [2.75, 3.05) is 5.32 Å². The maximum Gasteiger partial charge on any atom is 0.309 e. The Labute approximate surface area is 158 Å². The molecular weight excluding hydrogens is 360 g/mol. The smallest absolute Gasteiger partial charge is 0.309 e. The molecule has 0 saturated heterocycles. The highest BCUT2D eigenvalue weighted by Crippen LogP contribution is 2.28. The molecule has 28 heavy (non-hydrogen) atoms. The van der Waals surface area contributed by atoms with Crippen molar-refractivity contribution >= 4 is 39.6 Å². The monoisotopic (exact) mass is 374 g/mol. The molecule has 0 radical (unpaired) electrons. The first-order chi connectivity index (χ1) is 13.5. The number of esters is 1. The average Bonchev–Trinajstić information content (AvgIpc) is 2.69. The number of rotatable bonds is 3. The maximum atomic E-state index is 12.8. The third kappa shape index (κ3) is 3.21. The molecule has 7 nitrogen and oxygen atoms in total. The van der Waals surface area contributed by atoms with E-state index in [0.29, 0.717) is 16.5 Å². The van der Waals surface area contributed by atoms with Crippen LogP contribution in [0, 0.1) is 0 Å². The topological polar surface area (TPSA) is 98.5 Å². The third-order valence-electron chi connectivity index (χ3n) is 4.06. The average molecular weight is 374 g/mol. The lowest BCUT2D eigenvalue weighted by Gasteiger charge is -2.11. The summed E-state index contributed by atoms with van der Waals surface area (Å²) < 4.78 is 10.8. The number of benzene rings is 2. The van der Waals surface area contributed by atoms with Gasteiger partial charge < -0.3 is 14.5 Å². The van der Waals surface area contributed by atoms with Crippen molar-refractivity contribution in [3.05, 3.63) is 76.5 Å². The van der Waals surface area contributed by atoms with Crippen LogP contribution in [0.3, 0.4) is 0 Å². The number of hydrogen-bond donors (Lipinski definition) is 1. The molecule has 2 aromatic heterocycles. The fraction of sp³-hybridized carbons (Fsp3) is 0.0476. The van der Waals surface area contributed by atoms with Crippen LogP contribution in [-0.2, 0) is 4.79 Å². The first kappa shape index (κ1) is 17.4. The van der Waals surface area contributed by atoms with Gasteiger partial charge in [-0.3, -0.25) is 14.4 Å². The SMILES string of the molecule is CC(=O)Oc1nc2oc3ccccc3c(=O)c2cc1NC(=O)c1ccccc1. The van der Waals surface area contributed by atoms with Crippen molar-refractivity contribution in [1.82, 2.24) is 4.98 Å². The molecule has 1 N–H and O–H groups in total. The zero-order valence-corrected chi connectivity index (χ0v) is 14.8. The number of amides is 1. The maximum absolute atomic E-state index is 12.8. The number of anilines is 1. The van der Waals surface area contributed by atoms with Gasteiger partial charge in [-0.25, -0.2) is 0 Å². The minimum absolute atomic E-state index is 0.0117. The van der Waals surface area contributed by atoms with Crippen LogP contribution in [-0.4, -0.2) is 16.9 Å². The van der Waals surface area contributed by atoms with Crippen LogP contribution in [0.2, 0.25) is 0 Å². The number of pyridine rings is 1. The summed E-state index contributed by atoms with van der Waals surface area (Å²) >= 11 is 0. The van der Waals surface area contributed by atoms with Crippen molar-refractivity contribution in [2.24, 2.45) is 0 Å². The fourth-order valence-electron chi connectivity index (χ4n) is 2.80. The molecule has 2 aromatic carbocycles. The lowest BCUT2D eigenvalue weighted by atomic mass is 10.1. The molecule has 138 valence electrons. The van der Waals surface area contributed by atoms with Crippen molar-refractivity contribution in [3.8, 4) is 5.88 Å². The molecule has 0 bridgehead atoms. The van der Waals surface area contributed by atoms with E-state index in [9.17, 15) is 14.4 Å². The number of para-hydroxylation sites is 1. The Balaban J connectivity index is 1.88. The van der Waals surface area contributed by atoms with E-state index >= 15 is 0 Å². The second kappa shape index (κ2) is 6.96. The standard InChI is InChI=1S/C21H14N2O5/c1-12(24)27-21-16(22-19(26)13-7-3-2-4-8-13)11-15-18(25)14-9-5-6-10-17(14)28-20(15)23-21/h2-11H,1H3,(H,22,26). The summed E-state index contributed by atoms with van der Waals surface area (Å²) in [6.07, 6.45) is 0. The summed E-state index contributed by atoms with van der Waals surface area (Å²) in [5.74, 6) is -1.20. The molecule has 1 amide bonds. The van der Waals surface area contributed by atoms with E-state index in [1.807, 2.05) is 0 Å². The number of aromatic nitrogens is 1. The van der Waals surface area contributed by atoms with E-state index in [4.69, 9.17) is 9.15 Å². The van der Waals surface area contributed by atoms with E-state index in [0.717, 1.165) is 0 Å². The number of hydrogen-bond acceptors (Lipinski definition) is 6. The molecule has 7 heteroatoms. The van der Waals surface area contributed by atoms with Crippen LogP contribution < -0.4 is 15.5 Å². The normalized spacial score (nSPS) is 10.8. The van der Waals surface area contributed by atoms with Crippen LogP contribution in [0.15, 0.2) is 69.9 Å². The van der Waals surface area contributed by atoms with Gasteiger partial charge in [-0.1, -0.05) is 30.3 Å². The van der Waals surface area contributed by atoms with E-state index < -0.39 is 11.9 Å². The van der Waals surface area contributed by atoms with Crippen LogP contribution in [0.4, 0.5) is 5.69 Å². The summed E-state index contributed by atoms with van der Waals surface area (Å²) in [7, 11) is 0. The summed E-state index contributed by atoms with van der Waals surface area (Å²) in [5.41, 5.74) is 0.579. The van der Waals surface area contributed by atoms with Crippen molar-refractivity contribution in [1.29, 1.82) is 0 Å².